The lowest BCUT2D eigenvalue weighted by atomic mass is 10.3. The molecule has 0 aromatic carbocycles. The van der Waals surface area contributed by atoms with Gasteiger partial charge in [-0.3, -0.25) is 0 Å². The fraction of sp³-hybridized carbons (Fsp3) is 0.333. The van der Waals surface area contributed by atoms with Gasteiger partial charge < -0.3 is 4.57 Å². The molecule has 12 heavy (non-hydrogen) atoms. The summed E-state index contributed by atoms with van der Waals surface area (Å²) in [6, 6.07) is 2.00. The zero-order valence-corrected chi connectivity index (χ0v) is 6.70. The second-order valence-electron chi connectivity index (χ2n) is 2.36. The van der Waals surface area contributed by atoms with E-state index < -0.39 is 0 Å². The molecule has 1 aromatic heterocycles. The van der Waals surface area contributed by atoms with Crippen molar-refractivity contribution in [2.24, 2.45) is 0 Å². The van der Waals surface area contributed by atoms with E-state index in [4.69, 9.17) is 11.7 Å². The third-order valence-electron chi connectivity index (χ3n) is 1.54. The van der Waals surface area contributed by atoms with E-state index in [0.717, 1.165) is 19.4 Å². The molecule has 60 valence electrons. The summed E-state index contributed by atoms with van der Waals surface area (Å²) in [5.41, 5.74) is 0. The fourth-order valence-electron chi connectivity index (χ4n) is 0.954. The second-order valence-corrected chi connectivity index (χ2v) is 2.36. The fourth-order valence-corrected chi connectivity index (χ4v) is 0.954. The summed E-state index contributed by atoms with van der Waals surface area (Å²) in [7, 11) is 0. The van der Waals surface area contributed by atoms with Gasteiger partial charge in [-0.1, -0.05) is 0 Å². The number of aromatic nitrogens is 2. The first-order valence-electron chi connectivity index (χ1n) is 3.73. The van der Waals surface area contributed by atoms with Crippen molar-refractivity contribution < 1.29 is 0 Å². The molecule has 3 heteroatoms. The maximum absolute atomic E-state index is 8.59. The number of nitriles is 1. The molecular weight excluding hydrogens is 150 g/mol. The average Bonchev–Trinajstić information content (AvgIpc) is 2.52. The Kier molecular flexibility index (Phi) is 2.93. The van der Waals surface area contributed by atoms with Crippen LogP contribution in [0, 0.1) is 23.7 Å². The number of unbranched alkanes of at least 4 members (excludes halogenated alkanes) is 1. The number of nitrogens with zero attached hydrogens (tertiary/aromatic N) is 3. The van der Waals surface area contributed by atoms with Crippen LogP contribution in [0.2, 0.25) is 0 Å². The lowest BCUT2D eigenvalue weighted by molar-refractivity contribution is 0.647. The molecule has 1 rings (SSSR count). The van der Waals surface area contributed by atoms with Crippen LogP contribution in [0.4, 0.5) is 0 Å². The number of hydrogen-bond donors (Lipinski definition) is 0. The Bertz CT molecular complexity index is 324. The van der Waals surface area contributed by atoms with E-state index in [-0.39, 0.29) is 0 Å². The average molecular weight is 159 g/mol. The van der Waals surface area contributed by atoms with E-state index in [1.807, 2.05) is 6.07 Å². The first kappa shape index (κ1) is 8.36. The lowest BCUT2D eigenvalue weighted by Gasteiger charge is -1.99. The molecule has 0 radical (unpaired) electrons. The number of aryl methyl sites for hydroxylation is 1. The minimum Gasteiger partial charge on any atom is -0.323 e. The van der Waals surface area contributed by atoms with Crippen molar-refractivity contribution in [1.82, 2.24) is 9.55 Å². The van der Waals surface area contributed by atoms with E-state index in [2.05, 4.69) is 10.9 Å². The molecule has 0 N–H and O–H groups in total. The van der Waals surface area contributed by atoms with Crippen molar-refractivity contribution in [2.75, 3.05) is 0 Å². The zero-order valence-electron chi connectivity index (χ0n) is 6.70. The smallest absolute Gasteiger partial charge is 0.212 e. The van der Waals surface area contributed by atoms with Gasteiger partial charge in [0, 0.05) is 25.4 Å². The van der Waals surface area contributed by atoms with Crippen LogP contribution in [0.3, 0.4) is 0 Å². The Morgan fingerprint density at radius 3 is 3.17 bits per heavy atom. The quantitative estimate of drug-likeness (QED) is 0.490. The molecule has 0 fully saturated rings. The summed E-state index contributed by atoms with van der Waals surface area (Å²) in [4.78, 5) is 3.86. The summed E-state index contributed by atoms with van der Waals surface area (Å²) >= 11 is 0. The van der Waals surface area contributed by atoms with Gasteiger partial charge in [-0.15, -0.1) is 12.3 Å². The minimum atomic E-state index is 0.451. The van der Waals surface area contributed by atoms with Gasteiger partial charge in [-0.25, -0.2) is 4.98 Å². The van der Waals surface area contributed by atoms with Crippen molar-refractivity contribution in [3.63, 3.8) is 0 Å². The van der Waals surface area contributed by atoms with Crippen LogP contribution in [-0.2, 0) is 6.54 Å². The molecule has 0 aliphatic rings. The summed E-state index contributed by atoms with van der Waals surface area (Å²) in [6.45, 7) is 0.771. The van der Waals surface area contributed by atoms with Gasteiger partial charge in [0.15, 0.2) is 0 Å². The highest BCUT2D eigenvalue weighted by Gasteiger charge is 1.98. The van der Waals surface area contributed by atoms with Crippen LogP contribution >= 0.6 is 0 Å². The molecule has 1 aromatic rings. The van der Waals surface area contributed by atoms with Gasteiger partial charge in [0.05, 0.1) is 0 Å². The number of rotatable bonds is 3. The Hall–Kier alpha value is -1.74. The van der Waals surface area contributed by atoms with E-state index in [1.165, 1.54) is 0 Å². The van der Waals surface area contributed by atoms with E-state index >= 15 is 0 Å². The van der Waals surface area contributed by atoms with Crippen LogP contribution in [0.1, 0.15) is 18.7 Å². The molecule has 0 spiro atoms. The molecule has 0 saturated heterocycles. The summed E-state index contributed by atoms with van der Waals surface area (Å²) < 4.78 is 1.80. The van der Waals surface area contributed by atoms with Crippen molar-refractivity contribution in [2.45, 2.75) is 19.4 Å². The number of terminal acetylenes is 1. The van der Waals surface area contributed by atoms with Crippen molar-refractivity contribution in [1.29, 1.82) is 5.26 Å². The second kappa shape index (κ2) is 4.20. The predicted octanol–water partition coefficient (Wildman–Crippen LogP) is 1.17. The Balaban J connectivity index is 2.53. The number of imidazole rings is 1. The first-order chi connectivity index (χ1) is 5.88. The summed E-state index contributed by atoms with van der Waals surface area (Å²) in [5, 5.41) is 8.59. The summed E-state index contributed by atoms with van der Waals surface area (Å²) in [6.07, 6.45) is 10.1. The van der Waals surface area contributed by atoms with Gasteiger partial charge in [-0.05, 0) is 6.42 Å². The molecule has 0 unspecified atom stereocenters. The lowest BCUT2D eigenvalue weighted by Crippen LogP contribution is -1.99. The van der Waals surface area contributed by atoms with Crippen LogP contribution < -0.4 is 0 Å². The SMILES string of the molecule is C#CCCCn1ccnc1C#N. The first-order valence-corrected chi connectivity index (χ1v) is 3.73. The normalized spacial score (nSPS) is 8.83. The third kappa shape index (κ3) is 1.87. The Labute approximate surface area is 71.7 Å². The standard InChI is InChI=1S/C9H9N3/c1-2-3-4-6-12-7-5-11-9(12)8-10/h1,5,7H,3-4,6H2. The molecule has 1 heterocycles. The van der Waals surface area contributed by atoms with Gasteiger partial charge in [-0.2, -0.15) is 5.26 Å². The molecule has 0 saturated carbocycles. The highest BCUT2D eigenvalue weighted by molar-refractivity contribution is 5.10. The molecular formula is C9H9N3. The molecule has 3 nitrogen and oxygen atoms in total. The highest BCUT2D eigenvalue weighted by Crippen LogP contribution is 1.98. The maximum atomic E-state index is 8.59. The minimum absolute atomic E-state index is 0.451. The number of hydrogen-bond acceptors (Lipinski definition) is 2. The maximum Gasteiger partial charge on any atom is 0.212 e. The van der Waals surface area contributed by atoms with Gasteiger partial charge in [0.1, 0.15) is 6.07 Å². The monoisotopic (exact) mass is 159 g/mol. The largest absolute Gasteiger partial charge is 0.323 e. The third-order valence-corrected chi connectivity index (χ3v) is 1.54. The zero-order chi connectivity index (χ0) is 8.81. The Morgan fingerprint density at radius 2 is 2.50 bits per heavy atom. The molecule has 0 atom stereocenters. The van der Waals surface area contributed by atoms with Gasteiger partial charge in [0.2, 0.25) is 5.82 Å². The van der Waals surface area contributed by atoms with Crippen LogP contribution in [0.25, 0.3) is 0 Å². The van der Waals surface area contributed by atoms with Crippen molar-refractivity contribution in [3.8, 4) is 18.4 Å². The van der Waals surface area contributed by atoms with E-state index in [9.17, 15) is 0 Å². The summed E-state index contributed by atoms with van der Waals surface area (Å²) in [5.74, 6) is 3.00. The highest BCUT2D eigenvalue weighted by atomic mass is 15.1. The van der Waals surface area contributed by atoms with E-state index in [1.54, 1.807) is 17.0 Å². The van der Waals surface area contributed by atoms with Crippen molar-refractivity contribution >= 4 is 0 Å². The molecule has 0 aliphatic carbocycles. The van der Waals surface area contributed by atoms with Crippen LogP contribution in [0.15, 0.2) is 12.4 Å². The predicted molar refractivity (Wildman–Crippen MR) is 45.0 cm³/mol. The van der Waals surface area contributed by atoms with Crippen LogP contribution in [-0.4, -0.2) is 9.55 Å². The molecule has 0 amide bonds. The van der Waals surface area contributed by atoms with Crippen molar-refractivity contribution in [3.05, 3.63) is 18.2 Å². The molecule has 0 bridgehead atoms. The van der Waals surface area contributed by atoms with Gasteiger partial charge >= 0.3 is 0 Å². The Morgan fingerprint density at radius 1 is 1.67 bits per heavy atom. The molecule has 0 aliphatic heterocycles. The topological polar surface area (TPSA) is 41.6 Å². The van der Waals surface area contributed by atoms with E-state index in [0.29, 0.717) is 5.82 Å². The van der Waals surface area contributed by atoms with Gasteiger partial charge in [0.25, 0.3) is 0 Å². The van der Waals surface area contributed by atoms with Crippen LogP contribution in [0.5, 0.6) is 0 Å².